The van der Waals surface area contributed by atoms with E-state index in [9.17, 15) is 9.59 Å². The number of carbonyl (C=O) groups is 2. The molecule has 0 amide bonds. The van der Waals surface area contributed by atoms with Crippen LogP contribution in [0.2, 0.25) is 0 Å². The largest absolute Gasteiger partial charge is 0.658 e. The second-order valence-corrected chi connectivity index (χ2v) is 6.51. The molecule has 7 heteroatoms. The lowest BCUT2D eigenvalue weighted by atomic mass is 10.0. The zero-order chi connectivity index (χ0) is 19.8. The molecule has 0 aromatic heterocycles. The summed E-state index contributed by atoms with van der Waals surface area (Å²) in [5.74, 6) is -1.55. The lowest BCUT2D eigenvalue weighted by Crippen LogP contribution is -2.14. The summed E-state index contributed by atoms with van der Waals surface area (Å²) in [5, 5.41) is 18.0. The van der Waals surface area contributed by atoms with E-state index in [0.717, 1.165) is 11.1 Å². The van der Waals surface area contributed by atoms with Crippen molar-refractivity contribution < 1.29 is 29.1 Å². The van der Waals surface area contributed by atoms with Crippen LogP contribution in [0.4, 0.5) is 0 Å². The van der Waals surface area contributed by atoms with Gasteiger partial charge in [-0.15, -0.1) is 0 Å². The van der Waals surface area contributed by atoms with Gasteiger partial charge in [-0.1, -0.05) is 38.1 Å². The number of hydrogen-bond acceptors (Lipinski definition) is 4. The molecule has 2 atom stereocenters. The van der Waals surface area contributed by atoms with Gasteiger partial charge in [-0.3, -0.25) is 9.59 Å². The standard InChI is InChI=1S/C20H22BO6/c1-13(19(22)23)9-15-5-3-7-17(11-15)26-21-27-18-8-4-6-16(12-18)10-14(2)20(24)25/h3-8,11-14H,9-10H2,1-2H3,(H,22,23)(H,24,25). The summed E-state index contributed by atoms with van der Waals surface area (Å²) in [5.41, 5.74) is 1.72. The van der Waals surface area contributed by atoms with Gasteiger partial charge in [0.25, 0.3) is 0 Å². The quantitative estimate of drug-likeness (QED) is 0.625. The van der Waals surface area contributed by atoms with Crippen LogP contribution in [0.3, 0.4) is 0 Å². The Bertz CT molecular complexity index is 726. The van der Waals surface area contributed by atoms with Gasteiger partial charge >= 0.3 is 19.6 Å². The van der Waals surface area contributed by atoms with Gasteiger partial charge in [-0.05, 0) is 48.2 Å². The fourth-order valence-electron chi connectivity index (χ4n) is 2.51. The summed E-state index contributed by atoms with van der Waals surface area (Å²) in [6.07, 6.45) is 0.828. The van der Waals surface area contributed by atoms with Gasteiger partial charge in [-0.2, -0.15) is 0 Å². The van der Waals surface area contributed by atoms with Crippen LogP contribution >= 0.6 is 0 Å². The van der Waals surface area contributed by atoms with E-state index in [1.807, 2.05) is 12.1 Å². The van der Waals surface area contributed by atoms with Crippen LogP contribution in [-0.2, 0) is 22.4 Å². The first-order chi connectivity index (χ1) is 12.8. The first kappa shape index (κ1) is 20.4. The average Bonchev–Trinajstić information content (AvgIpc) is 2.62. The van der Waals surface area contributed by atoms with Crippen molar-refractivity contribution in [1.82, 2.24) is 0 Å². The van der Waals surface area contributed by atoms with E-state index in [0.29, 0.717) is 24.3 Å². The third-order valence-electron chi connectivity index (χ3n) is 4.09. The molecule has 0 heterocycles. The van der Waals surface area contributed by atoms with Gasteiger partial charge in [0, 0.05) is 0 Å². The molecule has 0 saturated heterocycles. The van der Waals surface area contributed by atoms with E-state index in [1.165, 1.54) is 7.69 Å². The van der Waals surface area contributed by atoms with Crippen molar-refractivity contribution in [3.63, 3.8) is 0 Å². The van der Waals surface area contributed by atoms with Crippen LogP contribution in [0.1, 0.15) is 25.0 Å². The van der Waals surface area contributed by atoms with E-state index >= 15 is 0 Å². The molecule has 0 bridgehead atoms. The summed E-state index contributed by atoms with van der Waals surface area (Å²) < 4.78 is 10.9. The molecule has 1 radical (unpaired) electrons. The molecule has 0 aliphatic carbocycles. The predicted octanol–water partition coefficient (Wildman–Crippen LogP) is 3.21. The fourth-order valence-corrected chi connectivity index (χ4v) is 2.51. The number of carboxylic acid groups (broad SMARTS) is 2. The van der Waals surface area contributed by atoms with Gasteiger partial charge in [0.2, 0.25) is 0 Å². The van der Waals surface area contributed by atoms with Gasteiger partial charge in [0.15, 0.2) is 0 Å². The van der Waals surface area contributed by atoms with E-state index in [-0.39, 0.29) is 0 Å². The van der Waals surface area contributed by atoms with Gasteiger partial charge in [-0.25, -0.2) is 0 Å². The Hall–Kier alpha value is -2.96. The highest BCUT2D eigenvalue weighted by molar-refractivity contribution is 6.20. The molecule has 0 spiro atoms. The van der Waals surface area contributed by atoms with Crippen molar-refractivity contribution in [1.29, 1.82) is 0 Å². The molecule has 6 nitrogen and oxygen atoms in total. The van der Waals surface area contributed by atoms with Gasteiger partial charge in [0.05, 0.1) is 11.8 Å². The molecule has 0 aliphatic heterocycles. The van der Waals surface area contributed by atoms with E-state index in [4.69, 9.17) is 19.5 Å². The number of hydrogen-bond donors (Lipinski definition) is 2. The van der Waals surface area contributed by atoms with Crippen molar-refractivity contribution in [2.75, 3.05) is 0 Å². The zero-order valence-electron chi connectivity index (χ0n) is 15.3. The number of benzene rings is 2. The minimum Gasteiger partial charge on any atom is -0.526 e. The normalized spacial score (nSPS) is 12.7. The molecular weight excluding hydrogens is 347 g/mol. The smallest absolute Gasteiger partial charge is 0.526 e. The molecule has 0 aliphatic rings. The second kappa shape index (κ2) is 9.66. The van der Waals surface area contributed by atoms with E-state index in [2.05, 4.69) is 0 Å². The molecule has 2 N–H and O–H groups in total. The lowest BCUT2D eigenvalue weighted by molar-refractivity contribution is -0.142. The van der Waals surface area contributed by atoms with Crippen LogP contribution in [0, 0.1) is 11.8 Å². The Morgan fingerprint density at radius 3 is 1.63 bits per heavy atom. The maximum absolute atomic E-state index is 11.0. The fraction of sp³-hybridized carbons (Fsp3) is 0.300. The van der Waals surface area contributed by atoms with Crippen LogP contribution in [0.25, 0.3) is 0 Å². The van der Waals surface area contributed by atoms with Crippen LogP contribution in [-0.4, -0.2) is 29.8 Å². The third-order valence-corrected chi connectivity index (χ3v) is 4.09. The van der Waals surface area contributed by atoms with E-state index < -0.39 is 23.8 Å². The van der Waals surface area contributed by atoms with Crippen LogP contribution in [0.5, 0.6) is 11.5 Å². The molecule has 2 rings (SSSR count). The number of aliphatic carboxylic acids is 2. The molecule has 2 aromatic carbocycles. The SMILES string of the molecule is CC(Cc1cccc(O[B]Oc2cccc(CC(C)C(=O)O)c2)c1)C(=O)O. The van der Waals surface area contributed by atoms with Crippen molar-refractivity contribution in [2.24, 2.45) is 11.8 Å². The molecule has 27 heavy (non-hydrogen) atoms. The minimum atomic E-state index is -0.840. The highest BCUT2D eigenvalue weighted by Gasteiger charge is 2.13. The van der Waals surface area contributed by atoms with Gasteiger partial charge < -0.3 is 19.5 Å². The second-order valence-electron chi connectivity index (χ2n) is 6.51. The van der Waals surface area contributed by atoms with Crippen molar-refractivity contribution in [3.8, 4) is 11.5 Å². The van der Waals surface area contributed by atoms with Crippen molar-refractivity contribution in [2.45, 2.75) is 26.7 Å². The summed E-state index contributed by atoms with van der Waals surface area (Å²) in [6.45, 7) is 3.31. The number of carboxylic acids is 2. The topological polar surface area (TPSA) is 93.1 Å². The first-order valence-corrected chi connectivity index (χ1v) is 8.63. The van der Waals surface area contributed by atoms with E-state index in [1.54, 1.807) is 50.2 Å². The minimum absolute atomic E-state index is 0.414. The van der Waals surface area contributed by atoms with Crippen LogP contribution < -0.4 is 9.31 Å². The highest BCUT2D eigenvalue weighted by Crippen LogP contribution is 2.19. The Labute approximate surface area is 159 Å². The first-order valence-electron chi connectivity index (χ1n) is 8.63. The molecular formula is C20H22BO6. The highest BCUT2D eigenvalue weighted by atomic mass is 16.6. The monoisotopic (exact) mass is 369 g/mol. The molecule has 0 fully saturated rings. The third kappa shape index (κ3) is 6.69. The summed E-state index contributed by atoms with van der Waals surface area (Å²) >= 11 is 0. The van der Waals surface area contributed by atoms with Gasteiger partial charge in [0.1, 0.15) is 11.5 Å². The molecule has 2 unspecified atom stereocenters. The Balaban J connectivity index is 1.89. The Morgan fingerprint density at radius 2 is 1.26 bits per heavy atom. The van der Waals surface area contributed by atoms with Crippen LogP contribution in [0.15, 0.2) is 48.5 Å². The average molecular weight is 369 g/mol. The molecule has 0 saturated carbocycles. The Kier molecular flexibility index (Phi) is 7.29. The lowest BCUT2D eigenvalue weighted by Gasteiger charge is -2.11. The summed E-state index contributed by atoms with van der Waals surface area (Å²) in [7, 11) is 1.19. The number of rotatable bonds is 10. The van der Waals surface area contributed by atoms with Crippen molar-refractivity contribution >= 4 is 19.6 Å². The molecule has 141 valence electrons. The maximum atomic E-state index is 11.0. The Morgan fingerprint density at radius 1 is 0.852 bits per heavy atom. The maximum Gasteiger partial charge on any atom is 0.658 e. The summed E-state index contributed by atoms with van der Waals surface area (Å²) in [6, 6.07) is 14.3. The summed E-state index contributed by atoms with van der Waals surface area (Å²) in [4.78, 5) is 21.9. The zero-order valence-corrected chi connectivity index (χ0v) is 15.3. The predicted molar refractivity (Wildman–Crippen MR) is 101 cm³/mol. The van der Waals surface area contributed by atoms with Crippen molar-refractivity contribution in [3.05, 3.63) is 59.7 Å². The molecule has 2 aromatic rings.